The number of carbonyl (C=O) groups is 3. The van der Waals surface area contributed by atoms with Crippen molar-refractivity contribution in [3.8, 4) is 0 Å². The van der Waals surface area contributed by atoms with Crippen molar-refractivity contribution < 1.29 is 19.1 Å². The summed E-state index contributed by atoms with van der Waals surface area (Å²) in [5.41, 5.74) is 0.961. The normalized spacial score (nSPS) is 24.2. The molecule has 1 N–H and O–H groups in total. The first-order chi connectivity index (χ1) is 13.6. The largest absolute Gasteiger partial charge is 0.455 e. The van der Waals surface area contributed by atoms with Crippen LogP contribution in [0.4, 0.5) is 0 Å². The van der Waals surface area contributed by atoms with Crippen molar-refractivity contribution in [3.63, 3.8) is 0 Å². The Morgan fingerprint density at radius 3 is 2.41 bits per heavy atom. The van der Waals surface area contributed by atoms with Crippen molar-refractivity contribution in [2.75, 3.05) is 0 Å². The number of rotatable bonds is 4. The number of hydrogen-bond donors (Lipinski definition) is 1. The average molecular weight is 415 g/mol. The zero-order valence-electron chi connectivity index (χ0n) is 17.3. The summed E-state index contributed by atoms with van der Waals surface area (Å²) < 4.78 is 5.60. The number of thioether (sulfide) groups is 1. The first kappa shape index (κ1) is 21.2. The number of ether oxygens (including phenoxy) is 1. The zero-order valence-corrected chi connectivity index (χ0v) is 18.1. The van der Waals surface area contributed by atoms with Crippen LogP contribution in [0.3, 0.4) is 0 Å². The molecule has 1 fully saturated rings. The van der Waals surface area contributed by atoms with E-state index < -0.39 is 16.9 Å². The maximum atomic E-state index is 13.1. The van der Waals surface area contributed by atoms with E-state index in [1.54, 1.807) is 32.9 Å². The lowest BCUT2D eigenvalue weighted by Gasteiger charge is -2.51. The van der Waals surface area contributed by atoms with E-state index in [1.807, 2.05) is 37.3 Å². The molecule has 6 nitrogen and oxygen atoms in total. The molecule has 0 spiro atoms. The number of nitrogens with zero attached hydrogens (tertiary/aromatic N) is 1. The quantitative estimate of drug-likeness (QED) is 0.604. The Morgan fingerprint density at radius 2 is 1.86 bits per heavy atom. The van der Waals surface area contributed by atoms with Crippen LogP contribution in [0.2, 0.25) is 0 Å². The molecular formula is C22H26N2O4S. The van der Waals surface area contributed by atoms with Crippen LogP contribution in [0.5, 0.6) is 0 Å². The lowest BCUT2D eigenvalue weighted by molar-refractivity contribution is -0.158. The molecule has 154 valence electrons. The number of allylic oxidation sites excluding steroid dienone is 1. The van der Waals surface area contributed by atoms with Crippen LogP contribution in [-0.2, 0) is 19.1 Å². The minimum absolute atomic E-state index is 0.141. The van der Waals surface area contributed by atoms with Crippen LogP contribution in [0, 0.1) is 0 Å². The summed E-state index contributed by atoms with van der Waals surface area (Å²) in [6.07, 6.45) is 3.54. The topological polar surface area (TPSA) is 75.7 Å². The number of fused-ring (bicyclic) bond motifs is 1. The van der Waals surface area contributed by atoms with Crippen LogP contribution in [-0.4, -0.2) is 39.0 Å². The van der Waals surface area contributed by atoms with Gasteiger partial charge >= 0.3 is 5.97 Å². The van der Waals surface area contributed by atoms with Gasteiger partial charge in [-0.1, -0.05) is 42.5 Å². The highest BCUT2D eigenvalue weighted by molar-refractivity contribution is 8.00. The molecule has 1 saturated heterocycles. The number of benzene rings is 1. The third-order valence-corrected chi connectivity index (χ3v) is 5.95. The van der Waals surface area contributed by atoms with Crippen molar-refractivity contribution >= 4 is 29.5 Å². The molecule has 1 unspecified atom stereocenters. The molecule has 2 heterocycles. The standard InChI is InChI=1S/C22H26N2O4S/c1-6-10-15-17(21(27)28-22(3,4)5)24-19(26)16(14-11-8-7-9-12-14)20(24)29-18(15)23-13(2)25/h6-12,16,18,20H,1-5H3,(H,23,25)/t16-,18?,20-/m1/s1. The molecule has 7 heteroatoms. The number of esters is 1. The maximum Gasteiger partial charge on any atom is 0.356 e. The molecule has 2 aliphatic rings. The number of hydrogen-bond acceptors (Lipinski definition) is 5. The maximum absolute atomic E-state index is 13.1. The summed E-state index contributed by atoms with van der Waals surface area (Å²) >= 11 is 1.46. The van der Waals surface area contributed by atoms with E-state index in [9.17, 15) is 14.4 Å². The van der Waals surface area contributed by atoms with Gasteiger partial charge in [-0.3, -0.25) is 14.5 Å². The lowest BCUT2D eigenvalue weighted by atomic mass is 9.88. The monoisotopic (exact) mass is 414 g/mol. The highest BCUT2D eigenvalue weighted by Crippen LogP contribution is 2.51. The predicted molar refractivity (Wildman–Crippen MR) is 113 cm³/mol. The Hall–Kier alpha value is -2.54. The zero-order chi connectivity index (χ0) is 21.3. The summed E-state index contributed by atoms with van der Waals surface area (Å²) in [6.45, 7) is 8.61. The smallest absolute Gasteiger partial charge is 0.356 e. The van der Waals surface area contributed by atoms with Crippen LogP contribution in [0.1, 0.15) is 46.1 Å². The Morgan fingerprint density at radius 1 is 1.21 bits per heavy atom. The van der Waals surface area contributed by atoms with Gasteiger partial charge < -0.3 is 10.1 Å². The van der Waals surface area contributed by atoms with E-state index in [-0.39, 0.29) is 28.8 Å². The van der Waals surface area contributed by atoms with Gasteiger partial charge in [-0.25, -0.2) is 4.79 Å². The van der Waals surface area contributed by atoms with Crippen LogP contribution in [0.15, 0.2) is 53.8 Å². The number of carbonyl (C=O) groups excluding carboxylic acids is 3. The molecule has 3 rings (SSSR count). The molecule has 0 aromatic heterocycles. The molecule has 0 aliphatic carbocycles. The van der Waals surface area contributed by atoms with Crippen molar-refractivity contribution in [2.24, 2.45) is 0 Å². The van der Waals surface area contributed by atoms with E-state index in [0.717, 1.165) is 5.56 Å². The molecule has 29 heavy (non-hydrogen) atoms. The average Bonchev–Trinajstić information content (AvgIpc) is 2.62. The van der Waals surface area contributed by atoms with Crippen molar-refractivity contribution in [1.29, 1.82) is 0 Å². The minimum atomic E-state index is -0.707. The molecule has 2 aliphatic heterocycles. The van der Waals surface area contributed by atoms with Crippen molar-refractivity contribution in [2.45, 2.75) is 56.9 Å². The van der Waals surface area contributed by atoms with E-state index in [1.165, 1.54) is 23.6 Å². The van der Waals surface area contributed by atoms with E-state index in [4.69, 9.17) is 4.74 Å². The highest BCUT2D eigenvalue weighted by Gasteiger charge is 2.56. The molecule has 0 radical (unpaired) electrons. The summed E-state index contributed by atoms with van der Waals surface area (Å²) in [5.74, 6) is -1.28. The Bertz CT molecular complexity index is 886. The van der Waals surface area contributed by atoms with Crippen molar-refractivity contribution in [1.82, 2.24) is 10.2 Å². The number of β-lactam (4-membered cyclic amide) rings is 1. The Balaban J connectivity index is 2.07. The number of nitrogens with one attached hydrogen (secondary N) is 1. The second kappa shape index (κ2) is 8.06. The van der Waals surface area contributed by atoms with Gasteiger partial charge in [0, 0.05) is 12.5 Å². The molecule has 0 bridgehead atoms. The van der Waals surface area contributed by atoms with Gasteiger partial charge in [-0.15, -0.1) is 11.8 Å². The highest BCUT2D eigenvalue weighted by atomic mass is 32.2. The summed E-state index contributed by atoms with van der Waals surface area (Å²) in [6, 6.07) is 9.49. The first-order valence-electron chi connectivity index (χ1n) is 9.55. The fourth-order valence-electron chi connectivity index (χ4n) is 3.47. The first-order valence-corrected chi connectivity index (χ1v) is 10.5. The Labute approximate surface area is 175 Å². The summed E-state index contributed by atoms with van der Waals surface area (Å²) in [5, 5.41) is 2.16. The molecule has 1 aromatic rings. The number of amides is 2. The molecular weight excluding hydrogens is 388 g/mol. The third kappa shape index (κ3) is 4.24. The SMILES string of the molecule is CC=CC1=C(C(=O)OC(C)(C)C)N2C(=O)[C@@H](c3ccccc3)[C@H]2SC1NC(C)=O. The fourth-order valence-corrected chi connectivity index (χ4v) is 5.08. The van der Waals surface area contributed by atoms with Gasteiger partial charge in [0.1, 0.15) is 22.0 Å². The van der Waals surface area contributed by atoms with Gasteiger partial charge in [-0.2, -0.15) is 0 Å². The van der Waals surface area contributed by atoms with E-state index in [2.05, 4.69) is 5.32 Å². The van der Waals surface area contributed by atoms with Crippen LogP contribution < -0.4 is 5.32 Å². The van der Waals surface area contributed by atoms with Crippen LogP contribution in [0.25, 0.3) is 0 Å². The molecule has 2 amide bonds. The lowest BCUT2D eigenvalue weighted by Crippen LogP contribution is -2.62. The summed E-state index contributed by atoms with van der Waals surface area (Å²) in [7, 11) is 0. The molecule has 1 aromatic carbocycles. The second-order valence-corrected chi connectivity index (χ2v) is 9.24. The summed E-state index contributed by atoms with van der Waals surface area (Å²) in [4.78, 5) is 39.5. The van der Waals surface area contributed by atoms with E-state index >= 15 is 0 Å². The van der Waals surface area contributed by atoms with Crippen LogP contribution >= 0.6 is 11.8 Å². The third-order valence-electron chi connectivity index (χ3n) is 4.55. The van der Waals surface area contributed by atoms with E-state index in [0.29, 0.717) is 5.57 Å². The van der Waals surface area contributed by atoms with Gasteiger partial charge in [0.25, 0.3) is 0 Å². The van der Waals surface area contributed by atoms with Crippen molar-refractivity contribution in [3.05, 3.63) is 59.3 Å². The molecule has 0 saturated carbocycles. The molecule has 3 atom stereocenters. The van der Waals surface area contributed by atoms with Gasteiger partial charge in [0.05, 0.1) is 5.92 Å². The van der Waals surface area contributed by atoms with Gasteiger partial charge in [0.15, 0.2) is 0 Å². The predicted octanol–water partition coefficient (Wildman–Crippen LogP) is 3.32. The minimum Gasteiger partial charge on any atom is -0.455 e. The Kier molecular flexibility index (Phi) is 5.89. The second-order valence-electron chi connectivity index (χ2n) is 8.01. The fraction of sp³-hybridized carbons (Fsp3) is 0.409. The van der Waals surface area contributed by atoms with Gasteiger partial charge in [-0.05, 0) is 33.3 Å². The van der Waals surface area contributed by atoms with Gasteiger partial charge in [0.2, 0.25) is 11.8 Å².